The van der Waals surface area contributed by atoms with Crippen molar-refractivity contribution in [1.82, 2.24) is 0 Å². The van der Waals surface area contributed by atoms with Crippen LogP contribution in [0.3, 0.4) is 0 Å². The Kier molecular flexibility index (Phi) is 6.65. The van der Waals surface area contributed by atoms with Gasteiger partial charge in [-0.15, -0.1) is 0 Å². The number of hydrogen-bond donors (Lipinski definition) is 0. The first-order chi connectivity index (χ1) is 12.8. The largest absolute Gasteiger partial charge is 0 e. The molecule has 0 aromatic heterocycles. The molecule has 0 aliphatic carbocycles. The van der Waals surface area contributed by atoms with Crippen molar-refractivity contribution in [1.29, 1.82) is 0 Å². The Hall–Kier alpha value is -1.74. The van der Waals surface area contributed by atoms with Crippen molar-refractivity contribution in [3.8, 4) is 0 Å². The number of halogens is 1. The molecule has 0 saturated carbocycles. The first-order valence-corrected chi connectivity index (χ1v) is 11.1. The molecular formula is C24H20ClPPd. The maximum atomic E-state index is 6.79. The predicted octanol–water partition coefficient (Wildman–Crippen LogP) is 4.69. The Morgan fingerprint density at radius 3 is 1.15 bits per heavy atom. The van der Waals surface area contributed by atoms with Gasteiger partial charge in [0.2, 0.25) is 0 Å². The molecule has 0 radical (unpaired) electrons. The van der Waals surface area contributed by atoms with E-state index in [0.717, 1.165) is 5.02 Å². The third-order valence-electron chi connectivity index (χ3n) is 4.90. The first-order valence-electron chi connectivity index (χ1n) is 8.75. The number of hydrogen-bond acceptors (Lipinski definition) is 0. The van der Waals surface area contributed by atoms with E-state index >= 15 is 0 Å². The van der Waals surface area contributed by atoms with Gasteiger partial charge in [-0.2, -0.15) is 0 Å². The first kappa shape index (κ1) is 20.0. The Bertz CT molecular complexity index is 892. The summed E-state index contributed by atoms with van der Waals surface area (Å²) in [6, 6.07) is 40.8. The van der Waals surface area contributed by atoms with Crippen LogP contribution in [0.1, 0.15) is 0 Å². The fourth-order valence-electron chi connectivity index (χ4n) is 3.80. The Morgan fingerprint density at radius 1 is 0.444 bits per heavy atom. The molecule has 4 aromatic rings. The van der Waals surface area contributed by atoms with Gasteiger partial charge >= 0.3 is 160 Å². The van der Waals surface area contributed by atoms with E-state index in [4.69, 9.17) is 11.6 Å². The van der Waals surface area contributed by atoms with Crippen LogP contribution in [0.5, 0.6) is 0 Å². The maximum absolute atomic E-state index is 6.79. The average Bonchev–Trinajstić information content (AvgIpc) is 2.72. The average molecular weight is 481 g/mol. The van der Waals surface area contributed by atoms with Crippen molar-refractivity contribution in [2.45, 2.75) is 0 Å². The molecule has 0 N–H and O–H groups in total. The van der Waals surface area contributed by atoms with E-state index in [1.807, 2.05) is 12.1 Å². The summed E-state index contributed by atoms with van der Waals surface area (Å²) in [4.78, 5) is 0. The minimum Gasteiger partial charge on any atom is 0 e. The van der Waals surface area contributed by atoms with Crippen molar-refractivity contribution in [2.75, 3.05) is 0 Å². The second-order valence-electron chi connectivity index (χ2n) is 6.33. The van der Waals surface area contributed by atoms with Crippen molar-refractivity contribution < 1.29 is 20.4 Å². The fourth-order valence-corrected chi connectivity index (χ4v) is 9.16. The molecule has 0 atom stereocenters. The second-order valence-corrected chi connectivity index (χ2v) is 10.5. The van der Waals surface area contributed by atoms with E-state index in [2.05, 4.69) is 103 Å². The fraction of sp³-hybridized carbons (Fsp3) is 0. The molecule has 138 valence electrons. The van der Waals surface area contributed by atoms with Crippen molar-refractivity contribution in [2.24, 2.45) is 0 Å². The van der Waals surface area contributed by atoms with Gasteiger partial charge in [-0.1, -0.05) is 0 Å². The van der Waals surface area contributed by atoms with E-state index in [0.29, 0.717) is 0 Å². The van der Waals surface area contributed by atoms with Crippen LogP contribution in [0.2, 0.25) is 5.02 Å². The minimum absolute atomic E-state index is 0. The molecule has 0 bridgehead atoms. The van der Waals surface area contributed by atoms with E-state index in [1.165, 1.54) is 21.2 Å². The normalized spacial score (nSPS) is 11.4. The van der Waals surface area contributed by atoms with E-state index in [9.17, 15) is 0 Å². The maximum Gasteiger partial charge on any atom is 0 e. The molecular weight excluding hydrogens is 461 g/mol. The van der Waals surface area contributed by atoms with Gasteiger partial charge in [0.15, 0.2) is 0 Å². The van der Waals surface area contributed by atoms with E-state index in [1.54, 1.807) is 0 Å². The van der Waals surface area contributed by atoms with Gasteiger partial charge in [-0.3, -0.25) is 0 Å². The molecule has 4 aromatic carbocycles. The smallest absolute Gasteiger partial charge is 0 e. The zero-order valence-electron chi connectivity index (χ0n) is 14.7. The van der Waals surface area contributed by atoms with Gasteiger partial charge in [0, 0.05) is 20.4 Å². The summed E-state index contributed by atoms with van der Waals surface area (Å²) in [6.07, 6.45) is 0. The molecule has 27 heavy (non-hydrogen) atoms. The Morgan fingerprint density at radius 2 is 0.778 bits per heavy atom. The van der Waals surface area contributed by atoms with Crippen molar-refractivity contribution in [3.63, 3.8) is 0 Å². The Labute approximate surface area is 180 Å². The molecule has 0 amide bonds. The van der Waals surface area contributed by atoms with Crippen molar-refractivity contribution in [3.05, 3.63) is 120 Å². The van der Waals surface area contributed by atoms with Crippen LogP contribution in [0.4, 0.5) is 0 Å². The molecule has 0 aliphatic rings. The van der Waals surface area contributed by atoms with Gasteiger partial charge < -0.3 is 0 Å². The molecule has 3 heteroatoms. The van der Waals surface area contributed by atoms with Gasteiger partial charge in [0.25, 0.3) is 0 Å². The molecule has 0 nitrogen and oxygen atoms in total. The zero-order chi connectivity index (χ0) is 17.8. The van der Waals surface area contributed by atoms with Crippen LogP contribution >= 0.6 is 18.9 Å². The van der Waals surface area contributed by atoms with Crippen LogP contribution in [-0.2, 0) is 20.4 Å². The summed E-state index contributed by atoms with van der Waals surface area (Å²) in [5.41, 5.74) is 0. The molecule has 0 heterocycles. The van der Waals surface area contributed by atoms with Crippen LogP contribution in [0.25, 0.3) is 0 Å². The summed E-state index contributed by atoms with van der Waals surface area (Å²) >= 11 is 6.79. The summed E-state index contributed by atoms with van der Waals surface area (Å²) in [5.74, 6) is 0. The molecule has 0 fully saturated rings. The monoisotopic (exact) mass is 480 g/mol. The van der Waals surface area contributed by atoms with E-state index < -0.39 is 7.26 Å². The third kappa shape index (κ3) is 3.67. The number of rotatable bonds is 4. The minimum atomic E-state index is -2.48. The van der Waals surface area contributed by atoms with Gasteiger partial charge in [-0.25, -0.2) is 0 Å². The molecule has 0 unspecified atom stereocenters. The van der Waals surface area contributed by atoms with Gasteiger partial charge in [-0.05, 0) is 0 Å². The van der Waals surface area contributed by atoms with Gasteiger partial charge in [0.1, 0.15) is 0 Å². The zero-order valence-corrected chi connectivity index (χ0v) is 18.0. The molecule has 4 rings (SSSR count). The molecule has 0 aliphatic heterocycles. The third-order valence-corrected chi connectivity index (χ3v) is 10.2. The topological polar surface area (TPSA) is 0 Å². The van der Waals surface area contributed by atoms with Crippen LogP contribution in [-0.4, -0.2) is 0 Å². The summed E-state index contributed by atoms with van der Waals surface area (Å²) in [6.45, 7) is 0. The molecule has 0 saturated heterocycles. The summed E-state index contributed by atoms with van der Waals surface area (Å²) in [5, 5.41) is 6.07. The van der Waals surface area contributed by atoms with Crippen LogP contribution in [0, 0.1) is 0 Å². The number of benzene rings is 4. The SMILES string of the molecule is Clc1ccccc1[PH](c1ccccc1)(c1ccccc1)c1ccccc1.[Pd]. The Balaban J connectivity index is 0.00000210. The predicted molar refractivity (Wildman–Crippen MR) is 118 cm³/mol. The summed E-state index contributed by atoms with van der Waals surface area (Å²) < 4.78 is 0. The van der Waals surface area contributed by atoms with Gasteiger partial charge in [0.05, 0.1) is 0 Å². The second kappa shape index (κ2) is 8.97. The van der Waals surface area contributed by atoms with E-state index in [-0.39, 0.29) is 20.4 Å². The van der Waals surface area contributed by atoms with Crippen molar-refractivity contribution >= 4 is 40.1 Å². The molecule has 0 spiro atoms. The standard InChI is InChI=1S/C24H20ClP.Pd/c25-23-18-10-11-19-24(23)26(20-12-4-1-5-13-20,21-14-6-2-7-15-21)22-16-8-3-9-17-22;/h1-19,26H;. The van der Waals surface area contributed by atoms with Crippen LogP contribution in [0.15, 0.2) is 115 Å². The summed E-state index contributed by atoms with van der Waals surface area (Å²) in [7, 11) is -2.48. The quantitative estimate of drug-likeness (QED) is 0.293. The van der Waals surface area contributed by atoms with Crippen LogP contribution < -0.4 is 21.2 Å².